The van der Waals surface area contributed by atoms with Crippen molar-refractivity contribution in [1.29, 1.82) is 0 Å². The average Bonchev–Trinajstić information content (AvgIpc) is 2.43. The normalized spacial score (nSPS) is 12.1. The molecule has 0 bridgehead atoms. The Labute approximate surface area is 123 Å². The SMILES string of the molecule is CNC(=S)C(CCCCSSC)c1cccnc1. The molecule has 1 atom stereocenters. The number of nitrogens with one attached hydrogen (secondary N) is 1. The molecule has 18 heavy (non-hydrogen) atoms. The van der Waals surface area contributed by atoms with Gasteiger partial charge in [0.25, 0.3) is 0 Å². The number of nitrogens with zero attached hydrogens (tertiary/aromatic N) is 1. The lowest BCUT2D eigenvalue weighted by molar-refractivity contribution is 0.682. The molecular formula is C13H20N2S3. The summed E-state index contributed by atoms with van der Waals surface area (Å²) in [5.74, 6) is 1.52. The van der Waals surface area contributed by atoms with Crippen molar-refractivity contribution in [3.63, 3.8) is 0 Å². The van der Waals surface area contributed by atoms with Crippen molar-refractivity contribution >= 4 is 38.8 Å². The van der Waals surface area contributed by atoms with Crippen molar-refractivity contribution in [2.45, 2.75) is 25.2 Å². The molecule has 2 nitrogen and oxygen atoms in total. The maximum atomic E-state index is 5.41. The number of hydrogen-bond acceptors (Lipinski definition) is 4. The van der Waals surface area contributed by atoms with Crippen molar-refractivity contribution in [1.82, 2.24) is 10.3 Å². The second kappa shape index (κ2) is 9.64. The van der Waals surface area contributed by atoms with E-state index in [9.17, 15) is 0 Å². The predicted octanol–water partition coefficient (Wildman–Crippen LogP) is 3.89. The molecule has 1 N–H and O–H groups in total. The average molecular weight is 301 g/mol. The van der Waals surface area contributed by atoms with Gasteiger partial charge in [-0.25, -0.2) is 0 Å². The summed E-state index contributed by atoms with van der Waals surface area (Å²) < 4.78 is 0. The number of aromatic nitrogens is 1. The van der Waals surface area contributed by atoms with Crippen LogP contribution in [0.15, 0.2) is 24.5 Å². The van der Waals surface area contributed by atoms with Crippen molar-refractivity contribution in [2.75, 3.05) is 19.1 Å². The van der Waals surface area contributed by atoms with E-state index >= 15 is 0 Å². The Morgan fingerprint density at radius 2 is 2.33 bits per heavy atom. The molecule has 0 aliphatic carbocycles. The van der Waals surface area contributed by atoms with E-state index in [1.165, 1.54) is 24.2 Å². The molecule has 0 amide bonds. The van der Waals surface area contributed by atoms with E-state index in [4.69, 9.17) is 12.2 Å². The fourth-order valence-electron chi connectivity index (χ4n) is 1.80. The molecule has 0 spiro atoms. The Morgan fingerprint density at radius 3 is 2.94 bits per heavy atom. The number of pyridine rings is 1. The highest BCUT2D eigenvalue weighted by Gasteiger charge is 2.15. The zero-order valence-electron chi connectivity index (χ0n) is 10.9. The van der Waals surface area contributed by atoms with Gasteiger partial charge in [-0.05, 0) is 30.7 Å². The van der Waals surface area contributed by atoms with Gasteiger partial charge in [0, 0.05) is 31.1 Å². The number of hydrogen-bond donors (Lipinski definition) is 1. The van der Waals surface area contributed by atoms with E-state index < -0.39 is 0 Å². The topological polar surface area (TPSA) is 24.9 Å². The Morgan fingerprint density at radius 1 is 1.50 bits per heavy atom. The minimum atomic E-state index is 0.304. The van der Waals surface area contributed by atoms with Crippen LogP contribution in [0.4, 0.5) is 0 Å². The van der Waals surface area contributed by atoms with Gasteiger partial charge in [-0.15, -0.1) is 0 Å². The molecule has 5 heteroatoms. The number of unbranched alkanes of at least 4 members (excludes halogenated alkanes) is 1. The highest BCUT2D eigenvalue weighted by atomic mass is 33.1. The van der Waals surface area contributed by atoms with Crippen LogP contribution in [0.25, 0.3) is 0 Å². The van der Waals surface area contributed by atoms with Gasteiger partial charge in [0.05, 0.1) is 4.99 Å². The summed E-state index contributed by atoms with van der Waals surface area (Å²) in [6.07, 6.45) is 9.39. The summed E-state index contributed by atoms with van der Waals surface area (Å²) in [6.45, 7) is 0. The van der Waals surface area contributed by atoms with E-state index in [2.05, 4.69) is 22.6 Å². The van der Waals surface area contributed by atoms with Crippen molar-refractivity contribution in [3.05, 3.63) is 30.1 Å². The van der Waals surface area contributed by atoms with Crippen LogP contribution < -0.4 is 5.32 Å². The second-order valence-corrected chi connectivity index (χ2v) is 7.06. The van der Waals surface area contributed by atoms with Crippen LogP contribution in [0.5, 0.6) is 0 Å². The molecule has 0 aromatic carbocycles. The predicted molar refractivity (Wildman–Crippen MR) is 88.5 cm³/mol. The first-order valence-corrected chi connectivity index (χ1v) is 9.20. The molecule has 100 valence electrons. The maximum absolute atomic E-state index is 5.41. The Bertz CT molecular complexity index is 343. The Balaban J connectivity index is 2.50. The van der Waals surface area contributed by atoms with Crippen LogP contribution in [-0.2, 0) is 0 Å². The maximum Gasteiger partial charge on any atom is 0.0827 e. The van der Waals surface area contributed by atoms with Crippen molar-refractivity contribution < 1.29 is 0 Å². The van der Waals surface area contributed by atoms with Gasteiger partial charge >= 0.3 is 0 Å². The van der Waals surface area contributed by atoms with Gasteiger partial charge < -0.3 is 5.32 Å². The van der Waals surface area contributed by atoms with Gasteiger partial charge in [0.1, 0.15) is 0 Å². The first-order valence-electron chi connectivity index (χ1n) is 6.06. The molecule has 1 heterocycles. The molecule has 0 fully saturated rings. The molecule has 0 radical (unpaired) electrons. The van der Waals surface area contributed by atoms with E-state index in [0.29, 0.717) is 5.92 Å². The largest absolute Gasteiger partial charge is 0.382 e. The first kappa shape index (κ1) is 15.8. The van der Waals surface area contributed by atoms with Gasteiger partial charge in [-0.3, -0.25) is 4.98 Å². The molecular weight excluding hydrogens is 280 g/mol. The second-order valence-electron chi connectivity index (χ2n) is 3.94. The fourth-order valence-corrected chi connectivity index (χ4v) is 3.39. The molecule has 1 aromatic rings. The third kappa shape index (κ3) is 5.59. The smallest absolute Gasteiger partial charge is 0.0827 e. The van der Waals surface area contributed by atoms with Gasteiger partial charge in [0.15, 0.2) is 0 Å². The van der Waals surface area contributed by atoms with Gasteiger partial charge in [0.2, 0.25) is 0 Å². The zero-order valence-corrected chi connectivity index (χ0v) is 13.3. The fraction of sp³-hybridized carbons (Fsp3) is 0.538. The standard InChI is InChI=1S/C13H20N2S3/c1-14-13(16)12(7-3-4-9-18-17-2)11-6-5-8-15-10-11/h5-6,8,10,12H,3-4,7,9H2,1-2H3,(H,14,16). The van der Waals surface area contributed by atoms with Crippen molar-refractivity contribution in [2.24, 2.45) is 0 Å². The zero-order chi connectivity index (χ0) is 13.2. The monoisotopic (exact) mass is 300 g/mol. The highest BCUT2D eigenvalue weighted by Crippen LogP contribution is 2.24. The van der Waals surface area contributed by atoms with Gasteiger partial charge in [-0.2, -0.15) is 0 Å². The summed E-state index contributed by atoms with van der Waals surface area (Å²) in [6, 6.07) is 4.09. The molecule has 0 aliphatic heterocycles. The first-order chi connectivity index (χ1) is 8.79. The molecule has 0 aliphatic rings. The molecule has 0 saturated heterocycles. The number of thiocarbonyl (C=S) groups is 1. The molecule has 1 aromatic heterocycles. The van der Waals surface area contributed by atoms with Gasteiger partial charge in [-0.1, -0.05) is 46.3 Å². The van der Waals surface area contributed by atoms with E-state index in [0.717, 1.165) is 11.4 Å². The van der Waals surface area contributed by atoms with Crippen molar-refractivity contribution in [3.8, 4) is 0 Å². The minimum Gasteiger partial charge on any atom is -0.382 e. The van der Waals surface area contributed by atoms with Crippen LogP contribution in [0.2, 0.25) is 0 Å². The molecule has 1 unspecified atom stereocenters. The van der Waals surface area contributed by atoms with E-state index in [-0.39, 0.29) is 0 Å². The minimum absolute atomic E-state index is 0.304. The lowest BCUT2D eigenvalue weighted by Gasteiger charge is -2.17. The molecule has 0 saturated carbocycles. The summed E-state index contributed by atoms with van der Waals surface area (Å²) in [5, 5.41) is 3.11. The third-order valence-corrected chi connectivity index (χ3v) is 5.12. The third-order valence-electron chi connectivity index (χ3n) is 2.74. The summed E-state index contributed by atoms with van der Waals surface area (Å²) in [5.41, 5.74) is 1.22. The van der Waals surface area contributed by atoms with Crippen LogP contribution in [0, 0.1) is 0 Å². The number of rotatable bonds is 8. The molecule has 1 rings (SSSR count). The summed E-state index contributed by atoms with van der Waals surface area (Å²) >= 11 is 5.41. The lowest BCUT2D eigenvalue weighted by Crippen LogP contribution is -2.24. The van der Waals surface area contributed by atoms with Crippen LogP contribution in [-0.4, -0.2) is 29.0 Å². The summed E-state index contributed by atoms with van der Waals surface area (Å²) in [7, 11) is 5.66. The van der Waals surface area contributed by atoms with E-state index in [1.807, 2.05) is 40.9 Å². The lowest BCUT2D eigenvalue weighted by atomic mass is 9.95. The Kier molecular flexibility index (Phi) is 8.46. The quantitative estimate of drug-likeness (QED) is 0.446. The van der Waals surface area contributed by atoms with Crippen LogP contribution in [0.1, 0.15) is 30.7 Å². The highest BCUT2D eigenvalue weighted by molar-refractivity contribution is 8.76. The Hall–Kier alpha value is -0.260. The number of likely N-dealkylation sites (N-methyl/N-ethyl adjacent to an activating group) is 1. The van der Waals surface area contributed by atoms with Crippen LogP contribution in [0.3, 0.4) is 0 Å². The summed E-state index contributed by atoms with van der Waals surface area (Å²) in [4.78, 5) is 5.10. The van der Waals surface area contributed by atoms with E-state index in [1.54, 1.807) is 6.20 Å². The van der Waals surface area contributed by atoms with Crippen LogP contribution >= 0.6 is 33.8 Å².